The van der Waals surface area contributed by atoms with Crippen LogP contribution in [0.15, 0.2) is 66.7 Å². The van der Waals surface area contributed by atoms with E-state index in [4.69, 9.17) is 23.2 Å². The molecule has 1 aliphatic heterocycles. The number of benzene rings is 3. The zero-order valence-electron chi connectivity index (χ0n) is 21.4. The number of ketones is 1. The van der Waals surface area contributed by atoms with Gasteiger partial charge in [0.25, 0.3) is 17.7 Å². The Morgan fingerprint density at radius 3 is 2.20 bits per heavy atom. The first-order valence-corrected chi connectivity index (χ1v) is 12.9. The van der Waals surface area contributed by atoms with Crippen LogP contribution in [0.4, 0.5) is 0 Å². The zero-order valence-corrected chi connectivity index (χ0v) is 22.9. The van der Waals surface area contributed by atoms with E-state index >= 15 is 0 Å². The number of nitrogens with one attached hydrogen (secondary N) is 2. The summed E-state index contributed by atoms with van der Waals surface area (Å²) in [5.41, 5.74) is 1.02. The Bertz CT molecular complexity index is 1720. The first kappa shape index (κ1) is 27.7. The van der Waals surface area contributed by atoms with Crippen LogP contribution >= 0.6 is 23.2 Å². The number of halogens is 2. The Morgan fingerprint density at radius 1 is 0.878 bits per heavy atom. The summed E-state index contributed by atoms with van der Waals surface area (Å²) in [6, 6.07) is 17.3. The zero-order chi connectivity index (χ0) is 29.3. The van der Waals surface area contributed by atoms with Gasteiger partial charge in [-0.3, -0.25) is 28.9 Å². The normalized spacial score (nSPS) is 12.3. The van der Waals surface area contributed by atoms with Crippen molar-refractivity contribution in [1.29, 1.82) is 0 Å². The van der Waals surface area contributed by atoms with Gasteiger partial charge in [-0.25, -0.2) is 9.67 Å². The molecule has 0 saturated heterocycles. The number of amides is 4. The highest BCUT2D eigenvalue weighted by molar-refractivity contribution is 6.35. The Morgan fingerprint density at radius 2 is 1.54 bits per heavy atom. The summed E-state index contributed by atoms with van der Waals surface area (Å²) in [6.07, 6.45) is 0. The third-order valence-corrected chi connectivity index (χ3v) is 6.84. The standard InChI is InChI=1S/C28H20Cl2N6O5/c1-31-26(39)25-33-22(13-32-23(37)14-35-27(40)16-6-2-3-7-17(16)28(35)41)36(34-25)21-11-10-15(29)12-19(21)24(38)18-8-4-5-9-20(18)30/h2-12H,13-14H2,1H3,(H,31,39)(H,32,37). The number of carbonyl (C=O) groups excluding carboxylic acids is 5. The van der Waals surface area contributed by atoms with Crippen molar-refractivity contribution in [3.05, 3.63) is 111 Å². The van der Waals surface area contributed by atoms with Crippen molar-refractivity contribution in [1.82, 2.24) is 30.3 Å². The lowest BCUT2D eigenvalue weighted by Gasteiger charge is -2.15. The van der Waals surface area contributed by atoms with Crippen LogP contribution in [0.3, 0.4) is 0 Å². The minimum Gasteiger partial charge on any atom is -0.352 e. The van der Waals surface area contributed by atoms with Crippen molar-refractivity contribution >= 4 is 52.6 Å². The molecule has 4 amide bonds. The Hall–Kier alpha value is -4.87. The molecule has 0 saturated carbocycles. The van der Waals surface area contributed by atoms with Gasteiger partial charge in [-0.05, 0) is 42.5 Å². The maximum atomic E-state index is 13.5. The summed E-state index contributed by atoms with van der Waals surface area (Å²) in [4.78, 5) is 69.1. The van der Waals surface area contributed by atoms with E-state index < -0.39 is 36.0 Å². The molecule has 0 bridgehead atoms. The number of carbonyl (C=O) groups is 5. The Balaban J connectivity index is 1.44. The van der Waals surface area contributed by atoms with Crippen LogP contribution in [0.1, 0.15) is 53.1 Å². The average molecular weight is 591 g/mol. The smallest absolute Gasteiger partial charge is 0.290 e. The number of aromatic nitrogens is 3. The lowest BCUT2D eigenvalue weighted by Crippen LogP contribution is -2.40. The summed E-state index contributed by atoms with van der Waals surface area (Å²) in [7, 11) is 1.40. The van der Waals surface area contributed by atoms with E-state index in [9.17, 15) is 24.0 Å². The van der Waals surface area contributed by atoms with E-state index in [2.05, 4.69) is 20.7 Å². The fourth-order valence-electron chi connectivity index (χ4n) is 4.28. The monoisotopic (exact) mass is 590 g/mol. The number of nitrogens with zero attached hydrogens (tertiary/aromatic N) is 4. The fraction of sp³-hybridized carbons (Fsp3) is 0.107. The maximum absolute atomic E-state index is 13.5. The molecule has 0 spiro atoms. The number of hydrogen-bond acceptors (Lipinski definition) is 7. The lowest BCUT2D eigenvalue weighted by atomic mass is 10.0. The molecule has 3 aromatic carbocycles. The van der Waals surface area contributed by atoms with Crippen molar-refractivity contribution in [2.24, 2.45) is 0 Å². The highest BCUT2D eigenvalue weighted by Gasteiger charge is 2.36. The maximum Gasteiger partial charge on any atom is 0.290 e. The summed E-state index contributed by atoms with van der Waals surface area (Å²) < 4.78 is 1.24. The average Bonchev–Trinajstić information content (AvgIpc) is 3.51. The van der Waals surface area contributed by atoms with Gasteiger partial charge in [0.1, 0.15) is 6.54 Å². The van der Waals surface area contributed by atoms with Gasteiger partial charge in [-0.1, -0.05) is 47.5 Å². The third-order valence-electron chi connectivity index (χ3n) is 6.28. The molecule has 0 fully saturated rings. The number of rotatable bonds is 8. The van der Waals surface area contributed by atoms with E-state index in [1.54, 1.807) is 36.4 Å². The van der Waals surface area contributed by atoms with E-state index in [1.807, 2.05) is 0 Å². The second-order valence-corrected chi connectivity index (χ2v) is 9.68. The molecule has 1 aromatic heterocycles. The summed E-state index contributed by atoms with van der Waals surface area (Å²) in [6.45, 7) is -0.783. The number of fused-ring (bicyclic) bond motifs is 1. The highest BCUT2D eigenvalue weighted by Crippen LogP contribution is 2.27. The minimum absolute atomic E-state index is 0.0924. The van der Waals surface area contributed by atoms with Crippen molar-refractivity contribution in [2.75, 3.05) is 13.6 Å². The van der Waals surface area contributed by atoms with Crippen LogP contribution in [0.25, 0.3) is 5.69 Å². The second kappa shape index (κ2) is 11.3. The van der Waals surface area contributed by atoms with E-state index in [1.165, 1.54) is 42.1 Å². The molecule has 0 aliphatic carbocycles. The molecule has 1 aliphatic rings. The van der Waals surface area contributed by atoms with Gasteiger partial charge in [-0.2, -0.15) is 0 Å². The quantitative estimate of drug-likeness (QED) is 0.237. The van der Waals surface area contributed by atoms with E-state index in [-0.39, 0.29) is 56.2 Å². The fourth-order valence-corrected chi connectivity index (χ4v) is 4.68. The summed E-state index contributed by atoms with van der Waals surface area (Å²) in [5.74, 6) is -2.98. The molecular formula is C28H20Cl2N6O5. The molecule has 11 nitrogen and oxygen atoms in total. The predicted octanol–water partition coefficient (Wildman–Crippen LogP) is 3.08. The topological polar surface area (TPSA) is 143 Å². The summed E-state index contributed by atoms with van der Waals surface area (Å²) >= 11 is 12.5. The number of hydrogen-bond donors (Lipinski definition) is 2. The van der Waals surface area contributed by atoms with Gasteiger partial charge in [0.05, 0.1) is 28.4 Å². The molecule has 206 valence electrons. The van der Waals surface area contributed by atoms with Gasteiger partial charge in [0, 0.05) is 23.2 Å². The van der Waals surface area contributed by atoms with Crippen LogP contribution in [0, 0.1) is 0 Å². The molecule has 2 N–H and O–H groups in total. The molecule has 4 aromatic rings. The molecule has 13 heteroatoms. The first-order chi connectivity index (χ1) is 19.7. The van der Waals surface area contributed by atoms with Gasteiger partial charge >= 0.3 is 0 Å². The van der Waals surface area contributed by atoms with Crippen molar-refractivity contribution in [3.63, 3.8) is 0 Å². The molecule has 0 atom stereocenters. The van der Waals surface area contributed by atoms with E-state index in [0.29, 0.717) is 0 Å². The Kier molecular flexibility index (Phi) is 7.64. The first-order valence-electron chi connectivity index (χ1n) is 12.2. The molecule has 0 unspecified atom stereocenters. The van der Waals surface area contributed by atoms with E-state index in [0.717, 1.165) is 4.90 Å². The predicted molar refractivity (Wildman–Crippen MR) is 148 cm³/mol. The van der Waals surface area contributed by atoms with Gasteiger partial charge in [0.15, 0.2) is 11.6 Å². The van der Waals surface area contributed by atoms with Crippen LogP contribution in [0.5, 0.6) is 0 Å². The van der Waals surface area contributed by atoms with Gasteiger partial charge in [-0.15, -0.1) is 5.10 Å². The van der Waals surface area contributed by atoms with Crippen LogP contribution < -0.4 is 10.6 Å². The molecular weight excluding hydrogens is 571 g/mol. The molecule has 5 rings (SSSR count). The summed E-state index contributed by atoms with van der Waals surface area (Å²) in [5, 5.41) is 9.80. The third kappa shape index (κ3) is 5.32. The largest absolute Gasteiger partial charge is 0.352 e. The highest BCUT2D eigenvalue weighted by atomic mass is 35.5. The SMILES string of the molecule is CNC(=O)c1nc(CNC(=O)CN2C(=O)c3ccccc3C2=O)n(-c2ccc(Cl)cc2C(=O)c2ccccc2Cl)n1. The van der Waals surface area contributed by atoms with Crippen molar-refractivity contribution < 1.29 is 24.0 Å². The molecule has 2 heterocycles. The molecule has 41 heavy (non-hydrogen) atoms. The van der Waals surface area contributed by atoms with Crippen molar-refractivity contribution in [2.45, 2.75) is 6.54 Å². The van der Waals surface area contributed by atoms with Crippen molar-refractivity contribution in [3.8, 4) is 5.69 Å². The van der Waals surface area contributed by atoms with Crippen LogP contribution in [-0.4, -0.2) is 62.7 Å². The van der Waals surface area contributed by atoms with Gasteiger partial charge < -0.3 is 10.6 Å². The van der Waals surface area contributed by atoms with Gasteiger partial charge in [0.2, 0.25) is 11.7 Å². The minimum atomic E-state index is -0.654. The lowest BCUT2D eigenvalue weighted by molar-refractivity contribution is -0.121. The van der Waals surface area contributed by atoms with Crippen LogP contribution in [-0.2, 0) is 11.3 Å². The van der Waals surface area contributed by atoms with Crippen LogP contribution in [0.2, 0.25) is 10.0 Å². The Labute approximate surface area is 243 Å². The molecule has 0 radical (unpaired) electrons. The number of imide groups is 1. The second-order valence-electron chi connectivity index (χ2n) is 8.83.